The van der Waals surface area contributed by atoms with Crippen molar-refractivity contribution in [1.29, 1.82) is 0 Å². The third-order valence-electron chi connectivity index (χ3n) is 12.2. The average Bonchev–Trinajstić information content (AvgIpc) is 3.45. The van der Waals surface area contributed by atoms with Gasteiger partial charge in [0, 0.05) is 45.4 Å². The molecule has 0 unspecified atom stereocenters. The first-order valence-electron chi connectivity index (χ1n) is 23.8. The van der Waals surface area contributed by atoms with E-state index in [1.54, 1.807) is 116 Å². The van der Waals surface area contributed by atoms with Crippen molar-refractivity contribution in [3.05, 3.63) is 155 Å². The summed E-state index contributed by atoms with van der Waals surface area (Å²) in [6.07, 6.45) is 0.444. The first-order chi connectivity index (χ1) is 37.2. The minimum Gasteiger partial charge on any atom is -0.505 e. The van der Waals surface area contributed by atoms with Gasteiger partial charge < -0.3 is 35.7 Å². The highest BCUT2D eigenvalue weighted by Gasteiger charge is 2.22. The van der Waals surface area contributed by atoms with Gasteiger partial charge in [-0.25, -0.2) is 0 Å². The number of aryl methyl sites for hydroxylation is 3. The first-order valence-corrected chi connectivity index (χ1v) is 26.8. The Kier molecular flexibility index (Phi) is 16.5. The number of unbranched alkanes of at least 4 members (excludes halogenated alkanes) is 1. The van der Waals surface area contributed by atoms with Gasteiger partial charge in [-0.05, 0) is 158 Å². The number of anilines is 3. The number of ether oxygens (including phenoxy) is 3. The number of azo groups is 3. The zero-order valence-electron chi connectivity index (χ0n) is 42.5. The Morgan fingerprint density at radius 2 is 1.12 bits per heavy atom. The van der Waals surface area contributed by atoms with Crippen LogP contribution >= 0.6 is 0 Å². The molecule has 0 bridgehead atoms. The number of nitrogens with one attached hydrogen (secondary N) is 2. The Balaban J connectivity index is 0.939. The third kappa shape index (κ3) is 13.3. The number of aromatic hydroxyl groups is 1. The SMILES string of the molecule is COc1cc(N=Nc2ccc3cc(NC(=O)c4ccc(N)cc4)ccc3c2O)c(OC)cc1N=Nc1cc(C)c(N=Nc2ccc(C(=O)Nc3cc4c(OCCCCS(=O)(=O)O)cccc4cc3S(=O)(=O)O)cc2C)cc1C. The number of phenolic OH excluding ortho intramolecular Hbond substituents is 1. The molecule has 2 amide bonds. The average molecular weight is 1090 g/mol. The molecule has 8 aromatic rings. The maximum absolute atomic E-state index is 13.6. The molecule has 0 radical (unpaired) electrons. The lowest BCUT2D eigenvalue weighted by Gasteiger charge is -2.14. The molecule has 400 valence electrons. The van der Waals surface area contributed by atoms with Crippen LogP contribution in [-0.4, -0.2) is 69.4 Å². The van der Waals surface area contributed by atoms with E-state index in [0.717, 1.165) is 11.1 Å². The fourth-order valence-electron chi connectivity index (χ4n) is 8.03. The Hall–Kier alpha value is -9.16. The molecule has 0 saturated carbocycles. The van der Waals surface area contributed by atoms with E-state index in [0.29, 0.717) is 90.5 Å². The number of hydrogen-bond acceptors (Lipinski definition) is 17. The van der Waals surface area contributed by atoms with Gasteiger partial charge in [0.15, 0.2) is 5.75 Å². The van der Waals surface area contributed by atoms with E-state index in [-0.39, 0.29) is 47.3 Å². The number of fused-ring (bicyclic) bond motifs is 2. The van der Waals surface area contributed by atoms with Gasteiger partial charge in [-0.3, -0.25) is 18.7 Å². The van der Waals surface area contributed by atoms with Crippen LogP contribution < -0.4 is 30.6 Å². The fourth-order valence-corrected chi connectivity index (χ4v) is 9.26. The highest BCUT2D eigenvalue weighted by Crippen LogP contribution is 2.43. The largest absolute Gasteiger partial charge is 0.505 e. The molecule has 0 aromatic heterocycles. The molecule has 8 aromatic carbocycles. The Morgan fingerprint density at radius 1 is 0.551 bits per heavy atom. The summed E-state index contributed by atoms with van der Waals surface area (Å²) in [7, 11) is -6.00. The van der Waals surface area contributed by atoms with Crippen molar-refractivity contribution >= 4 is 105 Å². The zero-order chi connectivity index (χ0) is 55.9. The van der Waals surface area contributed by atoms with Gasteiger partial charge in [-0.1, -0.05) is 18.2 Å². The summed E-state index contributed by atoms with van der Waals surface area (Å²) in [6.45, 7) is 5.48. The van der Waals surface area contributed by atoms with Gasteiger partial charge in [0.25, 0.3) is 32.1 Å². The van der Waals surface area contributed by atoms with Crippen LogP contribution in [0, 0.1) is 20.8 Å². The van der Waals surface area contributed by atoms with Crippen molar-refractivity contribution in [3.8, 4) is 23.0 Å². The van der Waals surface area contributed by atoms with Crippen molar-refractivity contribution in [2.75, 3.05) is 42.9 Å². The molecule has 21 nitrogen and oxygen atoms in total. The zero-order valence-corrected chi connectivity index (χ0v) is 44.2. The maximum atomic E-state index is 13.6. The molecule has 0 aliphatic heterocycles. The molecule has 78 heavy (non-hydrogen) atoms. The summed E-state index contributed by atoms with van der Waals surface area (Å²) in [6, 6.07) is 33.8. The van der Waals surface area contributed by atoms with Crippen molar-refractivity contribution in [3.63, 3.8) is 0 Å². The summed E-state index contributed by atoms with van der Waals surface area (Å²) in [5.41, 5.74) is 11.6. The second-order valence-corrected chi connectivity index (χ2v) is 20.7. The number of amides is 2. The Labute approximate surface area is 448 Å². The maximum Gasteiger partial charge on any atom is 0.296 e. The number of methoxy groups -OCH3 is 2. The van der Waals surface area contributed by atoms with Gasteiger partial charge in [-0.2, -0.15) is 32.2 Å². The Bertz CT molecular complexity index is 3980. The van der Waals surface area contributed by atoms with Crippen LogP contribution in [0.15, 0.2) is 163 Å². The highest BCUT2D eigenvalue weighted by atomic mass is 32.2. The molecule has 8 rings (SSSR count). The molecule has 0 saturated heterocycles. The minimum absolute atomic E-state index is 0.0859. The molecule has 0 atom stereocenters. The fraction of sp³-hybridized carbons (Fsp3) is 0.164. The smallest absolute Gasteiger partial charge is 0.296 e. The van der Waals surface area contributed by atoms with E-state index < -0.39 is 36.8 Å². The quantitative estimate of drug-likeness (QED) is 0.0190. The molecule has 0 aliphatic rings. The summed E-state index contributed by atoms with van der Waals surface area (Å²) in [5, 5.41) is 45.1. The van der Waals surface area contributed by atoms with Crippen molar-refractivity contribution in [2.24, 2.45) is 30.7 Å². The standard InChI is InChI=1S/C55H51N9O12S2/c1-31-23-37(55(67)58-48-28-41-35(27-52(48)78(71,72)73)9-8-10-49(41)76-21-6-7-22-77(68,69)70)14-19-42(31)59-61-44-24-33(3)45(25-32(44)2)62-64-47-30-50(74-4)46(29-51(47)75-5)63-60-43-20-13-36-26-39(17-18-40(36)53(43)65)57-54(66)34-11-15-38(56)16-12-34/h8-20,23-30,65H,6-7,21-22,56H2,1-5H3,(H,57,66)(H,58,67)(H,68,69,70)(H,71,72,73). The molecular weight excluding hydrogens is 1040 g/mol. The number of nitrogens with zero attached hydrogens (tertiary/aromatic N) is 6. The first kappa shape index (κ1) is 55.1. The summed E-state index contributed by atoms with van der Waals surface area (Å²) < 4.78 is 83.4. The van der Waals surface area contributed by atoms with Crippen molar-refractivity contribution in [1.82, 2.24) is 0 Å². The van der Waals surface area contributed by atoms with Crippen LogP contribution in [0.1, 0.15) is 50.2 Å². The lowest BCUT2D eigenvalue weighted by molar-refractivity contribution is 0.101. The van der Waals surface area contributed by atoms with E-state index in [4.69, 9.17) is 24.5 Å². The van der Waals surface area contributed by atoms with Crippen LogP contribution in [0.3, 0.4) is 0 Å². The highest BCUT2D eigenvalue weighted by molar-refractivity contribution is 7.86. The van der Waals surface area contributed by atoms with Gasteiger partial charge >= 0.3 is 0 Å². The normalized spacial score (nSPS) is 12.0. The van der Waals surface area contributed by atoms with Crippen LogP contribution in [0.25, 0.3) is 21.5 Å². The lowest BCUT2D eigenvalue weighted by Crippen LogP contribution is -2.15. The van der Waals surface area contributed by atoms with E-state index in [1.807, 2.05) is 13.8 Å². The van der Waals surface area contributed by atoms with E-state index in [2.05, 4.69) is 41.3 Å². The van der Waals surface area contributed by atoms with Crippen molar-refractivity contribution < 1.29 is 54.8 Å². The second-order valence-electron chi connectivity index (χ2n) is 17.8. The van der Waals surface area contributed by atoms with Crippen LogP contribution in [0.2, 0.25) is 0 Å². The third-order valence-corrected chi connectivity index (χ3v) is 13.9. The number of phenols is 1. The predicted octanol–water partition coefficient (Wildman–Crippen LogP) is 13.3. The second kappa shape index (κ2) is 23.4. The summed E-state index contributed by atoms with van der Waals surface area (Å²) in [4.78, 5) is 25.8. The van der Waals surface area contributed by atoms with Crippen molar-refractivity contribution in [2.45, 2.75) is 38.5 Å². The van der Waals surface area contributed by atoms with Crippen LogP contribution in [-0.2, 0) is 20.2 Å². The molecule has 0 spiro atoms. The van der Waals surface area contributed by atoms with Gasteiger partial charge in [0.05, 0.1) is 49.3 Å². The van der Waals surface area contributed by atoms with Gasteiger partial charge in [-0.15, -0.1) is 15.3 Å². The van der Waals surface area contributed by atoms with Gasteiger partial charge in [0.1, 0.15) is 39.2 Å². The number of carbonyl (C=O) groups is 2. The summed E-state index contributed by atoms with van der Waals surface area (Å²) >= 11 is 0. The monoisotopic (exact) mass is 1090 g/mol. The molecule has 0 aliphatic carbocycles. The number of hydrogen-bond donors (Lipinski definition) is 6. The van der Waals surface area contributed by atoms with Crippen LogP contribution in [0.4, 0.5) is 51.2 Å². The van der Waals surface area contributed by atoms with E-state index in [9.17, 15) is 36.1 Å². The minimum atomic E-state index is -4.81. The predicted molar refractivity (Wildman–Crippen MR) is 296 cm³/mol. The number of nitrogens with two attached hydrogens (primary N) is 1. The molecule has 7 N–H and O–H groups in total. The molecule has 0 fully saturated rings. The topological polar surface area (TPSA) is 315 Å². The van der Waals surface area contributed by atoms with E-state index >= 15 is 0 Å². The molecule has 0 heterocycles. The van der Waals surface area contributed by atoms with Crippen LogP contribution in [0.5, 0.6) is 23.0 Å². The van der Waals surface area contributed by atoms with Gasteiger partial charge in [0.2, 0.25) is 0 Å². The van der Waals surface area contributed by atoms with E-state index in [1.165, 1.54) is 32.4 Å². The Morgan fingerprint density at radius 3 is 1.73 bits per heavy atom. The number of carbonyl (C=O) groups excluding carboxylic acids is 2. The summed E-state index contributed by atoms with van der Waals surface area (Å²) in [5.74, 6) is -0.606. The number of nitrogen functional groups attached to an aromatic ring is 1. The molecule has 23 heteroatoms. The lowest BCUT2D eigenvalue weighted by atomic mass is 10.1. The number of rotatable bonds is 19. The molecular formula is C55H51N9O12S2. The number of benzene rings is 8.